The van der Waals surface area contributed by atoms with Gasteiger partial charge >= 0.3 is 0 Å². The van der Waals surface area contributed by atoms with Crippen molar-refractivity contribution >= 4 is 10.9 Å². The Bertz CT molecular complexity index is 583. The molecule has 0 saturated carbocycles. The first-order valence-corrected chi connectivity index (χ1v) is 7.29. The maximum atomic E-state index is 5.49. The molecule has 4 rings (SSSR count). The monoisotopic (exact) mass is 256 g/mol. The third-order valence-electron chi connectivity index (χ3n) is 4.50. The van der Waals surface area contributed by atoms with Gasteiger partial charge in [0, 0.05) is 49.3 Å². The van der Waals surface area contributed by atoms with Gasteiger partial charge in [-0.15, -0.1) is 0 Å². The van der Waals surface area contributed by atoms with Crippen molar-refractivity contribution in [3.63, 3.8) is 0 Å². The van der Waals surface area contributed by atoms with Gasteiger partial charge < -0.3 is 9.72 Å². The molecule has 3 nitrogen and oxygen atoms in total. The van der Waals surface area contributed by atoms with Gasteiger partial charge in [0.25, 0.3) is 0 Å². The molecule has 3 heterocycles. The molecule has 0 aliphatic carbocycles. The maximum Gasteiger partial charge on any atom is 0.0507 e. The van der Waals surface area contributed by atoms with Crippen LogP contribution in [0.3, 0.4) is 0 Å². The Kier molecular flexibility index (Phi) is 2.82. The van der Waals surface area contributed by atoms with Gasteiger partial charge in [0.15, 0.2) is 0 Å². The Morgan fingerprint density at radius 2 is 2.26 bits per heavy atom. The van der Waals surface area contributed by atoms with Gasteiger partial charge in [-0.05, 0) is 24.0 Å². The molecule has 0 spiro atoms. The molecule has 1 N–H and O–H groups in total. The lowest BCUT2D eigenvalue weighted by Gasteiger charge is -2.29. The summed E-state index contributed by atoms with van der Waals surface area (Å²) >= 11 is 0. The Labute approximate surface area is 113 Å². The van der Waals surface area contributed by atoms with E-state index in [0.29, 0.717) is 0 Å². The van der Waals surface area contributed by atoms with E-state index in [1.54, 1.807) is 0 Å². The van der Waals surface area contributed by atoms with E-state index in [1.807, 2.05) is 0 Å². The molecule has 3 heteroatoms. The molecule has 2 aliphatic rings. The number of benzene rings is 1. The lowest BCUT2D eigenvalue weighted by molar-refractivity contribution is 0.162. The van der Waals surface area contributed by atoms with Crippen LogP contribution in [0, 0.1) is 5.92 Å². The van der Waals surface area contributed by atoms with Gasteiger partial charge in [-0.1, -0.05) is 18.2 Å². The van der Waals surface area contributed by atoms with Crippen LogP contribution in [0.5, 0.6) is 0 Å². The summed E-state index contributed by atoms with van der Waals surface area (Å²) in [5.74, 6) is 0.742. The first-order chi connectivity index (χ1) is 9.40. The molecule has 0 unspecified atom stereocenters. The quantitative estimate of drug-likeness (QED) is 0.894. The summed E-state index contributed by atoms with van der Waals surface area (Å²) in [5, 5.41) is 1.41. The van der Waals surface area contributed by atoms with E-state index < -0.39 is 0 Å². The van der Waals surface area contributed by atoms with Crippen LogP contribution in [0.1, 0.15) is 17.7 Å². The number of H-pyrrole nitrogens is 1. The molecule has 2 aliphatic heterocycles. The van der Waals surface area contributed by atoms with E-state index in [-0.39, 0.29) is 0 Å². The van der Waals surface area contributed by atoms with Crippen molar-refractivity contribution in [1.82, 2.24) is 9.88 Å². The minimum Gasteiger partial charge on any atom is -0.381 e. The maximum absolute atomic E-state index is 5.49. The number of rotatable bonds is 2. The van der Waals surface area contributed by atoms with Gasteiger partial charge in [0.05, 0.1) is 6.61 Å². The second-order valence-corrected chi connectivity index (χ2v) is 5.84. The Morgan fingerprint density at radius 1 is 1.32 bits per heavy atom. The summed E-state index contributed by atoms with van der Waals surface area (Å²) in [5.41, 5.74) is 4.25. The first kappa shape index (κ1) is 11.5. The lowest BCUT2D eigenvalue weighted by atomic mass is 10.0. The third-order valence-corrected chi connectivity index (χ3v) is 4.50. The van der Waals surface area contributed by atoms with E-state index in [2.05, 4.69) is 34.1 Å². The molecule has 0 radical (unpaired) electrons. The Balaban J connectivity index is 1.58. The average molecular weight is 256 g/mol. The number of fused-ring (bicyclic) bond motifs is 3. The molecule has 19 heavy (non-hydrogen) atoms. The van der Waals surface area contributed by atoms with Crippen molar-refractivity contribution in [3.05, 3.63) is 35.5 Å². The fraction of sp³-hybridized carbons (Fsp3) is 0.500. The number of aromatic amines is 1. The number of nitrogens with one attached hydrogen (secondary N) is 1. The minimum absolute atomic E-state index is 0.742. The van der Waals surface area contributed by atoms with Gasteiger partial charge in [-0.3, -0.25) is 4.90 Å². The number of aromatic nitrogens is 1. The van der Waals surface area contributed by atoms with E-state index in [4.69, 9.17) is 4.74 Å². The van der Waals surface area contributed by atoms with Crippen molar-refractivity contribution in [2.75, 3.05) is 26.3 Å². The average Bonchev–Trinajstić information content (AvgIpc) is 3.06. The molecule has 1 fully saturated rings. The van der Waals surface area contributed by atoms with Crippen LogP contribution in [0.15, 0.2) is 24.3 Å². The topological polar surface area (TPSA) is 28.3 Å². The summed E-state index contributed by atoms with van der Waals surface area (Å²) in [6.45, 7) is 5.37. The number of ether oxygens (including phenoxy) is 1. The summed E-state index contributed by atoms with van der Waals surface area (Å²) < 4.78 is 5.49. The van der Waals surface area contributed by atoms with Crippen LogP contribution in [0.2, 0.25) is 0 Å². The summed E-state index contributed by atoms with van der Waals surface area (Å²) in [6.07, 6.45) is 2.38. The van der Waals surface area contributed by atoms with Crippen LogP contribution in [-0.4, -0.2) is 36.2 Å². The van der Waals surface area contributed by atoms with Crippen molar-refractivity contribution in [2.24, 2.45) is 5.92 Å². The predicted octanol–water partition coefficient (Wildman–Crippen LogP) is 2.56. The van der Waals surface area contributed by atoms with E-state index in [1.165, 1.54) is 41.7 Å². The molecule has 1 saturated heterocycles. The van der Waals surface area contributed by atoms with Crippen LogP contribution in [0.25, 0.3) is 10.9 Å². The standard InChI is InChI=1S/C16H20N2O/c1-2-4-15-13(3-1)14-10-18(7-5-16(14)17-15)9-12-6-8-19-11-12/h1-4,12,17H,5-11H2/t12-/m0/s1. The van der Waals surface area contributed by atoms with Crippen LogP contribution in [0.4, 0.5) is 0 Å². The highest BCUT2D eigenvalue weighted by Crippen LogP contribution is 2.28. The molecule has 2 aromatic rings. The van der Waals surface area contributed by atoms with Crippen LogP contribution < -0.4 is 0 Å². The molecule has 0 amide bonds. The molecular weight excluding hydrogens is 236 g/mol. The van der Waals surface area contributed by atoms with Crippen molar-refractivity contribution in [1.29, 1.82) is 0 Å². The first-order valence-electron chi connectivity index (χ1n) is 7.29. The zero-order valence-corrected chi connectivity index (χ0v) is 11.2. The van der Waals surface area contributed by atoms with E-state index in [9.17, 15) is 0 Å². The highest BCUT2D eigenvalue weighted by atomic mass is 16.5. The molecular formula is C16H20N2O. The molecule has 1 aromatic heterocycles. The van der Waals surface area contributed by atoms with Gasteiger partial charge in [0.2, 0.25) is 0 Å². The summed E-state index contributed by atoms with van der Waals surface area (Å²) in [7, 11) is 0. The van der Waals surface area contributed by atoms with Crippen molar-refractivity contribution in [3.8, 4) is 0 Å². The highest BCUT2D eigenvalue weighted by molar-refractivity contribution is 5.84. The Morgan fingerprint density at radius 3 is 3.16 bits per heavy atom. The van der Waals surface area contributed by atoms with Crippen molar-refractivity contribution in [2.45, 2.75) is 19.4 Å². The zero-order chi connectivity index (χ0) is 12.7. The predicted molar refractivity (Wildman–Crippen MR) is 76.2 cm³/mol. The normalized spacial score (nSPS) is 23.9. The fourth-order valence-corrected chi connectivity index (χ4v) is 3.47. The number of para-hydroxylation sites is 1. The minimum atomic E-state index is 0.742. The number of hydrogen-bond acceptors (Lipinski definition) is 2. The van der Waals surface area contributed by atoms with Crippen LogP contribution >= 0.6 is 0 Å². The SMILES string of the molecule is c1ccc2c3c([nH]c2c1)CCN(C[C@@H]1CCOC1)C3. The fourth-order valence-electron chi connectivity index (χ4n) is 3.47. The molecule has 0 bridgehead atoms. The largest absolute Gasteiger partial charge is 0.381 e. The van der Waals surface area contributed by atoms with Gasteiger partial charge in [-0.25, -0.2) is 0 Å². The van der Waals surface area contributed by atoms with Crippen molar-refractivity contribution < 1.29 is 4.74 Å². The molecule has 1 aromatic carbocycles. The zero-order valence-electron chi connectivity index (χ0n) is 11.2. The lowest BCUT2D eigenvalue weighted by Crippen LogP contribution is -2.34. The summed E-state index contributed by atoms with van der Waals surface area (Å²) in [4.78, 5) is 6.18. The van der Waals surface area contributed by atoms with Gasteiger partial charge in [-0.2, -0.15) is 0 Å². The third kappa shape index (κ3) is 2.07. The van der Waals surface area contributed by atoms with Crippen LogP contribution in [-0.2, 0) is 17.7 Å². The van der Waals surface area contributed by atoms with E-state index in [0.717, 1.165) is 32.1 Å². The second-order valence-electron chi connectivity index (χ2n) is 5.84. The second kappa shape index (κ2) is 4.66. The molecule has 100 valence electrons. The number of nitrogens with zero attached hydrogens (tertiary/aromatic N) is 1. The highest BCUT2D eigenvalue weighted by Gasteiger charge is 2.24. The number of hydrogen-bond donors (Lipinski definition) is 1. The van der Waals surface area contributed by atoms with Gasteiger partial charge in [0.1, 0.15) is 0 Å². The Hall–Kier alpha value is -1.32. The molecule has 1 atom stereocenters. The van der Waals surface area contributed by atoms with E-state index >= 15 is 0 Å². The summed E-state index contributed by atoms with van der Waals surface area (Å²) in [6, 6.07) is 8.67. The smallest absolute Gasteiger partial charge is 0.0507 e.